The largest absolute Gasteiger partial charge is 0.405 e. The SMILES string of the molecule is Cc1ccccc1-n1c(SCC(=O)NCC(F)(F)F)nnc1-c1cccnc1. The highest BCUT2D eigenvalue weighted by Gasteiger charge is 2.28. The lowest BCUT2D eigenvalue weighted by atomic mass is 10.2. The molecular weight excluding hydrogens is 391 g/mol. The van der Waals surface area contributed by atoms with Gasteiger partial charge in [0.1, 0.15) is 6.54 Å². The molecule has 0 saturated heterocycles. The number of nitrogens with zero attached hydrogens (tertiary/aromatic N) is 4. The van der Waals surface area contributed by atoms with Crippen LogP contribution in [0.2, 0.25) is 0 Å². The Morgan fingerprint density at radius 1 is 1.18 bits per heavy atom. The number of amides is 1. The number of carbonyl (C=O) groups is 1. The molecule has 0 spiro atoms. The molecule has 0 atom stereocenters. The Morgan fingerprint density at radius 2 is 1.96 bits per heavy atom. The van der Waals surface area contributed by atoms with Gasteiger partial charge in [0, 0.05) is 18.0 Å². The van der Waals surface area contributed by atoms with Crippen molar-refractivity contribution < 1.29 is 18.0 Å². The molecule has 1 amide bonds. The summed E-state index contributed by atoms with van der Waals surface area (Å²) in [6.07, 6.45) is -1.17. The molecule has 146 valence electrons. The number of aromatic nitrogens is 4. The molecule has 10 heteroatoms. The molecule has 0 aliphatic heterocycles. The Balaban J connectivity index is 1.89. The van der Waals surface area contributed by atoms with Crippen LogP contribution < -0.4 is 5.32 Å². The Morgan fingerprint density at radius 3 is 2.64 bits per heavy atom. The smallest absolute Gasteiger partial charge is 0.346 e. The maximum atomic E-state index is 12.2. The van der Waals surface area contributed by atoms with E-state index in [1.54, 1.807) is 23.0 Å². The van der Waals surface area contributed by atoms with E-state index in [-0.39, 0.29) is 5.75 Å². The second-order valence-corrected chi connectivity index (χ2v) is 6.79. The number of rotatable bonds is 6. The minimum atomic E-state index is -4.45. The Hall–Kier alpha value is -2.88. The highest BCUT2D eigenvalue weighted by atomic mass is 32.2. The third-order valence-electron chi connectivity index (χ3n) is 3.73. The number of pyridine rings is 1. The van der Waals surface area contributed by atoms with Gasteiger partial charge < -0.3 is 5.32 Å². The second kappa shape index (κ2) is 8.42. The zero-order valence-electron chi connectivity index (χ0n) is 14.8. The predicted octanol–water partition coefficient (Wildman–Crippen LogP) is 3.41. The molecule has 0 aliphatic carbocycles. The van der Waals surface area contributed by atoms with Crippen LogP contribution in [0.4, 0.5) is 13.2 Å². The molecule has 1 aromatic carbocycles. The summed E-state index contributed by atoms with van der Waals surface area (Å²) in [4.78, 5) is 15.8. The molecule has 0 bridgehead atoms. The lowest BCUT2D eigenvalue weighted by Gasteiger charge is -2.13. The van der Waals surface area contributed by atoms with Crippen LogP contribution in [-0.4, -0.2) is 44.1 Å². The van der Waals surface area contributed by atoms with Crippen LogP contribution in [0.25, 0.3) is 17.1 Å². The number of hydrogen-bond acceptors (Lipinski definition) is 5. The lowest BCUT2D eigenvalue weighted by Crippen LogP contribution is -2.34. The van der Waals surface area contributed by atoms with Crippen LogP contribution in [0, 0.1) is 6.92 Å². The molecule has 28 heavy (non-hydrogen) atoms. The fraction of sp³-hybridized carbons (Fsp3) is 0.222. The molecule has 6 nitrogen and oxygen atoms in total. The van der Waals surface area contributed by atoms with Crippen LogP contribution in [0.15, 0.2) is 53.9 Å². The molecule has 1 N–H and O–H groups in total. The van der Waals surface area contributed by atoms with E-state index in [4.69, 9.17) is 0 Å². The van der Waals surface area contributed by atoms with Gasteiger partial charge in [0.2, 0.25) is 5.91 Å². The molecule has 2 aromatic heterocycles. The highest BCUT2D eigenvalue weighted by molar-refractivity contribution is 7.99. The summed E-state index contributed by atoms with van der Waals surface area (Å²) in [5.41, 5.74) is 2.49. The molecular formula is C18H16F3N5OS. The Kier molecular flexibility index (Phi) is 5.98. The van der Waals surface area contributed by atoms with E-state index < -0.39 is 18.6 Å². The van der Waals surface area contributed by atoms with E-state index in [1.165, 1.54) is 0 Å². The first kappa shape index (κ1) is 19.9. The number of hydrogen-bond donors (Lipinski definition) is 1. The van der Waals surface area contributed by atoms with E-state index in [2.05, 4.69) is 15.2 Å². The summed E-state index contributed by atoms with van der Waals surface area (Å²) in [5.74, 6) is -0.419. The average Bonchev–Trinajstić information content (AvgIpc) is 3.09. The summed E-state index contributed by atoms with van der Waals surface area (Å²) in [6.45, 7) is 0.560. The number of alkyl halides is 3. The van der Waals surface area contributed by atoms with Gasteiger partial charge in [-0.15, -0.1) is 10.2 Å². The van der Waals surface area contributed by atoms with Crippen LogP contribution in [0.5, 0.6) is 0 Å². The van der Waals surface area contributed by atoms with Crippen LogP contribution in [0.1, 0.15) is 5.56 Å². The van der Waals surface area contributed by atoms with Gasteiger partial charge in [-0.25, -0.2) is 0 Å². The molecule has 0 saturated carbocycles. The van der Waals surface area contributed by atoms with Crippen LogP contribution in [0.3, 0.4) is 0 Å². The molecule has 0 radical (unpaired) electrons. The molecule has 0 fully saturated rings. The Bertz CT molecular complexity index is 959. The summed E-state index contributed by atoms with van der Waals surface area (Å²) in [5, 5.41) is 10.6. The van der Waals surface area contributed by atoms with Crippen molar-refractivity contribution in [2.24, 2.45) is 0 Å². The van der Waals surface area contributed by atoms with Gasteiger partial charge in [-0.3, -0.25) is 14.3 Å². The predicted molar refractivity (Wildman–Crippen MR) is 99.1 cm³/mol. The van der Waals surface area contributed by atoms with Crippen molar-refractivity contribution in [2.75, 3.05) is 12.3 Å². The topological polar surface area (TPSA) is 72.7 Å². The minimum absolute atomic E-state index is 0.215. The highest BCUT2D eigenvalue weighted by Crippen LogP contribution is 2.29. The minimum Gasteiger partial charge on any atom is -0.346 e. The third-order valence-corrected chi connectivity index (χ3v) is 4.66. The van der Waals surface area contributed by atoms with Gasteiger partial charge in [-0.2, -0.15) is 13.2 Å². The monoisotopic (exact) mass is 407 g/mol. The fourth-order valence-corrected chi connectivity index (χ4v) is 3.23. The van der Waals surface area contributed by atoms with Crippen molar-refractivity contribution in [3.8, 4) is 17.1 Å². The van der Waals surface area contributed by atoms with E-state index >= 15 is 0 Å². The van der Waals surface area contributed by atoms with Crippen molar-refractivity contribution in [1.29, 1.82) is 0 Å². The second-order valence-electron chi connectivity index (χ2n) is 5.85. The van der Waals surface area contributed by atoms with Gasteiger partial charge in [0.15, 0.2) is 11.0 Å². The van der Waals surface area contributed by atoms with Crippen molar-refractivity contribution in [3.63, 3.8) is 0 Å². The molecule has 3 rings (SSSR count). The van der Waals surface area contributed by atoms with Crippen molar-refractivity contribution in [3.05, 3.63) is 54.4 Å². The van der Waals surface area contributed by atoms with Gasteiger partial charge in [-0.1, -0.05) is 30.0 Å². The van der Waals surface area contributed by atoms with Crippen molar-refractivity contribution >= 4 is 17.7 Å². The summed E-state index contributed by atoms with van der Waals surface area (Å²) in [7, 11) is 0. The first-order valence-electron chi connectivity index (χ1n) is 8.23. The van der Waals surface area contributed by atoms with Crippen molar-refractivity contribution in [1.82, 2.24) is 25.1 Å². The standard InChI is InChI=1S/C18H16F3N5OS/c1-12-5-2-3-7-14(12)26-16(13-6-4-8-22-9-13)24-25-17(26)28-10-15(27)23-11-18(19,20)21/h2-9H,10-11H2,1H3,(H,23,27). The van der Waals surface area contributed by atoms with E-state index in [0.717, 1.165) is 28.6 Å². The number of aryl methyl sites for hydroxylation is 1. The maximum Gasteiger partial charge on any atom is 0.405 e. The molecule has 3 aromatic rings. The van der Waals surface area contributed by atoms with Gasteiger partial charge in [0.05, 0.1) is 11.4 Å². The fourth-order valence-electron chi connectivity index (χ4n) is 2.46. The first-order chi connectivity index (χ1) is 13.3. The normalized spacial score (nSPS) is 11.4. The molecule has 2 heterocycles. The van der Waals surface area contributed by atoms with E-state index in [0.29, 0.717) is 11.0 Å². The number of para-hydroxylation sites is 1. The van der Waals surface area contributed by atoms with E-state index in [9.17, 15) is 18.0 Å². The van der Waals surface area contributed by atoms with E-state index in [1.807, 2.05) is 42.6 Å². The zero-order chi connectivity index (χ0) is 20.1. The summed E-state index contributed by atoms with van der Waals surface area (Å²) < 4.78 is 38.5. The molecule has 0 aliphatic rings. The maximum absolute atomic E-state index is 12.2. The van der Waals surface area contributed by atoms with Gasteiger partial charge in [-0.05, 0) is 30.7 Å². The van der Waals surface area contributed by atoms with Crippen LogP contribution in [-0.2, 0) is 4.79 Å². The molecule has 0 unspecified atom stereocenters. The summed E-state index contributed by atoms with van der Waals surface area (Å²) in [6, 6.07) is 11.2. The average molecular weight is 407 g/mol. The first-order valence-corrected chi connectivity index (χ1v) is 9.22. The quantitative estimate of drug-likeness (QED) is 0.634. The number of benzene rings is 1. The van der Waals surface area contributed by atoms with Gasteiger partial charge in [0.25, 0.3) is 0 Å². The number of thioether (sulfide) groups is 1. The van der Waals surface area contributed by atoms with Crippen LogP contribution >= 0.6 is 11.8 Å². The van der Waals surface area contributed by atoms with Crippen molar-refractivity contribution in [2.45, 2.75) is 18.3 Å². The number of carbonyl (C=O) groups excluding carboxylic acids is 1. The number of nitrogens with one attached hydrogen (secondary N) is 1. The van der Waals surface area contributed by atoms with Gasteiger partial charge >= 0.3 is 6.18 Å². The number of halogens is 3. The lowest BCUT2D eigenvalue weighted by molar-refractivity contribution is -0.136. The zero-order valence-corrected chi connectivity index (χ0v) is 15.6. The third kappa shape index (κ3) is 4.89. The summed E-state index contributed by atoms with van der Waals surface area (Å²) >= 11 is 1.01. The Labute approximate surface area is 163 Å².